The summed E-state index contributed by atoms with van der Waals surface area (Å²) in [6, 6.07) is 0.0753. The van der Waals surface area contributed by atoms with E-state index in [2.05, 4.69) is 32.6 Å². The average Bonchev–Trinajstić information content (AvgIpc) is 2.01. The second-order valence-corrected chi connectivity index (χ2v) is 5.01. The van der Waals surface area contributed by atoms with Crippen molar-refractivity contribution >= 4 is 28.8 Å². The summed E-state index contributed by atoms with van der Waals surface area (Å²) in [7, 11) is 0. The lowest BCUT2D eigenvalue weighted by Gasteiger charge is -2.41. The first-order valence-corrected chi connectivity index (χ1v) is 5.47. The Morgan fingerprint density at radius 1 is 1.43 bits per heavy atom. The molecule has 0 unspecified atom stereocenters. The molecule has 1 saturated heterocycles. The molecule has 0 aromatic carbocycles. The van der Waals surface area contributed by atoms with E-state index in [4.69, 9.17) is 0 Å². The van der Waals surface area contributed by atoms with Crippen LogP contribution in [0.25, 0.3) is 0 Å². The van der Waals surface area contributed by atoms with Crippen molar-refractivity contribution in [1.29, 1.82) is 0 Å². The van der Waals surface area contributed by atoms with Crippen LogP contribution in [0, 0.1) is 0 Å². The number of hydrogen-bond acceptors (Lipinski definition) is 2. The maximum Gasteiger partial charge on any atom is 0.282 e. The summed E-state index contributed by atoms with van der Waals surface area (Å²) in [6.07, 6.45) is 0. The Hall–Kier alpha value is -0.170. The van der Waals surface area contributed by atoms with Crippen molar-refractivity contribution in [3.63, 3.8) is 0 Å². The molecule has 0 bridgehead atoms. The van der Waals surface area contributed by atoms with Gasteiger partial charge in [-0.2, -0.15) is 0 Å². The first-order chi connectivity index (χ1) is 6.43. The van der Waals surface area contributed by atoms with Gasteiger partial charge in [0.05, 0.1) is 0 Å². The van der Waals surface area contributed by atoms with E-state index in [9.17, 15) is 9.18 Å². The van der Waals surface area contributed by atoms with Gasteiger partial charge in [-0.15, -0.1) is 0 Å². The van der Waals surface area contributed by atoms with E-state index in [1.54, 1.807) is 4.90 Å². The van der Waals surface area contributed by atoms with Gasteiger partial charge in [-0.25, -0.2) is 7.50 Å². The third kappa shape index (κ3) is 2.44. The third-order valence-corrected chi connectivity index (χ3v) is 3.13. The van der Waals surface area contributed by atoms with E-state index in [0.29, 0.717) is 0 Å². The lowest BCUT2D eigenvalue weighted by Crippen LogP contribution is -2.56. The first kappa shape index (κ1) is 11.9. The molecular formula is C9H14FIN2O. The number of rotatable bonds is 1. The molecule has 1 rings (SSSR count). The zero-order chi connectivity index (χ0) is 10.9. The lowest BCUT2D eigenvalue weighted by atomic mass is 10.1. The van der Waals surface area contributed by atoms with Crippen molar-refractivity contribution < 1.29 is 9.18 Å². The summed E-state index contributed by atoms with van der Waals surface area (Å²) in [4.78, 5) is 13.0. The van der Waals surface area contributed by atoms with Gasteiger partial charge in [-0.3, -0.25) is 4.79 Å². The highest BCUT2D eigenvalue weighted by molar-refractivity contribution is 14.1. The fourth-order valence-corrected chi connectivity index (χ4v) is 2.94. The maximum absolute atomic E-state index is 12.7. The number of carbonyl (C=O) groups is 1. The van der Waals surface area contributed by atoms with E-state index in [-0.39, 0.29) is 12.1 Å². The van der Waals surface area contributed by atoms with Crippen molar-refractivity contribution in [3.8, 4) is 0 Å². The minimum Gasteiger partial charge on any atom is -0.329 e. The van der Waals surface area contributed by atoms with E-state index in [1.165, 1.54) is 0 Å². The number of piperazine rings is 1. The molecule has 14 heavy (non-hydrogen) atoms. The predicted molar refractivity (Wildman–Crippen MR) is 61.6 cm³/mol. The Balaban J connectivity index is 2.76. The average molecular weight is 312 g/mol. The molecule has 1 amide bonds. The molecule has 1 heterocycles. The highest BCUT2D eigenvalue weighted by Crippen LogP contribution is 2.20. The Morgan fingerprint density at radius 3 is 2.21 bits per heavy atom. The molecule has 2 atom stereocenters. The lowest BCUT2D eigenvalue weighted by molar-refractivity contribution is -0.134. The van der Waals surface area contributed by atoms with E-state index in [1.807, 2.05) is 13.8 Å². The number of carbonyl (C=O) groups excluding carboxylic acids is 1. The summed E-state index contributed by atoms with van der Waals surface area (Å²) in [5.41, 5.74) is 0. The smallest absolute Gasteiger partial charge is 0.282 e. The van der Waals surface area contributed by atoms with Gasteiger partial charge in [0.25, 0.3) is 5.91 Å². The zero-order valence-corrected chi connectivity index (χ0v) is 10.5. The van der Waals surface area contributed by atoms with Crippen LogP contribution in [0.5, 0.6) is 0 Å². The highest BCUT2D eigenvalue weighted by atomic mass is 127. The van der Waals surface area contributed by atoms with Gasteiger partial charge in [-0.05, 0) is 13.8 Å². The molecule has 0 spiro atoms. The molecule has 1 fully saturated rings. The summed E-state index contributed by atoms with van der Waals surface area (Å²) in [5.74, 6) is -1.44. The van der Waals surface area contributed by atoms with Crippen LogP contribution in [0.2, 0.25) is 0 Å². The predicted octanol–water partition coefficient (Wildman–Crippen LogP) is 1.74. The largest absolute Gasteiger partial charge is 0.329 e. The van der Waals surface area contributed by atoms with Crippen LogP contribution in [-0.2, 0) is 4.79 Å². The van der Waals surface area contributed by atoms with Crippen molar-refractivity contribution in [2.24, 2.45) is 0 Å². The van der Waals surface area contributed by atoms with Gasteiger partial charge in [0.15, 0.2) is 5.83 Å². The summed E-state index contributed by atoms with van der Waals surface area (Å²) >= 11 is 2.22. The third-order valence-electron chi connectivity index (χ3n) is 2.34. The van der Waals surface area contributed by atoms with Gasteiger partial charge < -0.3 is 4.90 Å². The van der Waals surface area contributed by atoms with Crippen molar-refractivity contribution in [2.75, 3.05) is 13.1 Å². The molecule has 3 nitrogen and oxygen atoms in total. The van der Waals surface area contributed by atoms with Crippen LogP contribution in [-0.4, -0.2) is 39.1 Å². The quantitative estimate of drug-likeness (QED) is 0.418. The highest BCUT2D eigenvalue weighted by Gasteiger charge is 2.33. The minimum absolute atomic E-state index is 0.0376. The van der Waals surface area contributed by atoms with Crippen LogP contribution in [0.4, 0.5) is 4.39 Å². The Bertz CT molecular complexity index is 247. The van der Waals surface area contributed by atoms with Gasteiger partial charge in [0.1, 0.15) is 0 Å². The second-order valence-electron chi connectivity index (χ2n) is 3.64. The summed E-state index contributed by atoms with van der Waals surface area (Å²) < 4.78 is 14.8. The monoisotopic (exact) mass is 312 g/mol. The van der Waals surface area contributed by atoms with Gasteiger partial charge in [0.2, 0.25) is 0 Å². The Kier molecular flexibility index (Phi) is 3.88. The number of amides is 1. The number of nitrogens with zero attached hydrogens (tertiary/aromatic N) is 2. The molecule has 1 aliphatic rings. The van der Waals surface area contributed by atoms with E-state index < -0.39 is 11.7 Å². The van der Waals surface area contributed by atoms with Crippen LogP contribution in [0.15, 0.2) is 12.4 Å². The normalized spacial score (nSPS) is 29.0. The zero-order valence-electron chi connectivity index (χ0n) is 8.33. The Labute approximate surface area is 97.4 Å². The first-order valence-electron chi connectivity index (χ1n) is 4.51. The van der Waals surface area contributed by atoms with Crippen LogP contribution >= 0.6 is 22.9 Å². The molecule has 0 aliphatic carbocycles. The second kappa shape index (κ2) is 4.57. The Morgan fingerprint density at radius 2 is 1.86 bits per heavy atom. The maximum atomic E-state index is 12.7. The van der Waals surface area contributed by atoms with E-state index >= 15 is 0 Å². The fraction of sp³-hybridized carbons (Fsp3) is 0.667. The summed E-state index contributed by atoms with van der Waals surface area (Å²) in [5, 5.41) is 0. The fourth-order valence-electron chi connectivity index (χ4n) is 1.80. The molecular weight excluding hydrogens is 298 g/mol. The standard InChI is InChI=1S/C9H14FIN2O/c1-6-4-12(11)5-7(2)13(6)9(14)8(3)10/h6-7H,3-5H2,1-2H3/t6-,7+. The molecule has 80 valence electrons. The van der Waals surface area contributed by atoms with Crippen LogP contribution in [0.1, 0.15) is 13.8 Å². The van der Waals surface area contributed by atoms with Gasteiger partial charge in [0, 0.05) is 48.0 Å². The van der Waals surface area contributed by atoms with Crippen molar-refractivity contribution in [1.82, 2.24) is 8.01 Å². The van der Waals surface area contributed by atoms with Crippen molar-refractivity contribution in [3.05, 3.63) is 12.4 Å². The molecule has 0 aromatic heterocycles. The number of hydrogen-bond donors (Lipinski definition) is 0. The molecule has 0 radical (unpaired) electrons. The summed E-state index contributed by atoms with van der Waals surface area (Å²) in [6.45, 7) is 8.42. The van der Waals surface area contributed by atoms with Gasteiger partial charge in [-0.1, -0.05) is 6.58 Å². The number of halogens is 2. The van der Waals surface area contributed by atoms with Crippen LogP contribution < -0.4 is 0 Å². The molecule has 0 N–H and O–H groups in total. The van der Waals surface area contributed by atoms with Crippen molar-refractivity contribution in [2.45, 2.75) is 25.9 Å². The molecule has 5 heteroatoms. The van der Waals surface area contributed by atoms with Gasteiger partial charge >= 0.3 is 0 Å². The molecule has 0 saturated carbocycles. The topological polar surface area (TPSA) is 23.6 Å². The molecule has 0 aromatic rings. The van der Waals surface area contributed by atoms with Crippen LogP contribution in [0.3, 0.4) is 0 Å². The molecule has 1 aliphatic heterocycles. The van der Waals surface area contributed by atoms with E-state index in [0.717, 1.165) is 13.1 Å². The minimum atomic E-state index is -0.870. The SMILES string of the molecule is C=C(F)C(=O)N1[C@H](C)CN(I)C[C@@H]1C.